The zero-order valence-corrected chi connectivity index (χ0v) is 18.0. The first-order valence-corrected chi connectivity index (χ1v) is 11.0. The summed E-state index contributed by atoms with van der Waals surface area (Å²) in [6.45, 7) is 10.8. The van der Waals surface area contributed by atoms with E-state index >= 15 is 0 Å². The Morgan fingerprint density at radius 3 is 2.40 bits per heavy atom. The highest BCUT2D eigenvalue weighted by Crippen LogP contribution is 2.33. The SMILES string of the molecule is C=CCCC(O)(CCC=C)c1ccc(CN(Cc2ccccc2)C[C@@H]2CCCO2)o1. The van der Waals surface area contributed by atoms with E-state index in [1.165, 1.54) is 5.56 Å². The van der Waals surface area contributed by atoms with Crippen molar-refractivity contribution in [2.24, 2.45) is 0 Å². The normalized spacial score (nSPS) is 16.8. The maximum absolute atomic E-state index is 11.2. The van der Waals surface area contributed by atoms with Crippen LogP contribution in [0.3, 0.4) is 0 Å². The molecule has 3 rings (SSSR count). The van der Waals surface area contributed by atoms with Gasteiger partial charge in [-0.05, 0) is 56.2 Å². The topological polar surface area (TPSA) is 45.8 Å². The molecule has 4 heteroatoms. The number of hydrogen-bond acceptors (Lipinski definition) is 4. The molecule has 1 saturated heterocycles. The van der Waals surface area contributed by atoms with Crippen LogP contribution in [-0.2, 0) is 23.4 Å². The van der Waals surface area contributed by atoms with Gasteiger partial charge < -0.3 is 14.3 Å². The molecular formula is C26H35NO3. The molecule has 1 atom stereocenters. The second-order valence-electron chi connectivity index (χ2n) is 8.24. The van der Waals surface area contributed by atoms with Crippen molar-refractivity contribution in [1.29, 1.82) is 0 Å². The molecule has 1 fully saturated rings. The van der Waals surface area contributed by atoms with Gasteiger partial charge in [0.1, 0.15) is 17.1 Å². The number of nitrogens with zero attached hydrogens (tertiary/aromatic N) is 1. The zero-order valence-electron chi connectivity index (χ0n) is 18.0. The van der Waals surface area contributed by atoms with E-state index in [9.17, 15) is 5.11 Å². The molecular weight excluding hydrogens is 374 g/mol. The van der Waals surface area contributed by atoms with Gasteiger partial charge in [0.05, 0.1) is 12.6 Å². The second-order valence-corrected chi connectivity index (χ2v) is 8.24. The molecule has 1 aliphatic heterocycles. The Balaban J connectivity index is 1.72. The van der Waals surface area contributed by atoms with Gasteiger partial charge >= 0.3 is 0 Å². The summed E-state index contributed by atoms with van der Waals surface area (Å²) in [6.07, 6.45) is 8.87. The fourth-order valence-corrected chi connectivity index (χ4v) is 4.09. The summed E-state index contributed by atoms with van der Waals surface area (Å²) in [5, 5.41) is 11.2. The largest absolute Gasteiger partial charge is 0.462 e. The standard InChI is InChI=1S/C26H35NO3/c1-3-5-16-26(28,17-6-4-2)25-15-14-24(30-25)21-27(20-23-13-10-18-29-23)19-22-11-8-7-9-12-22/h3-4,7-9,11-12,14-15,23,28H,1-2,5-6,10,13,16-21H2/t23-/m0/s1. The lowest BCUT2D eigenvalue weighted by molar-refractivity contribution is -0.00261. The van der Waals surface area contributed by atoms with Crippen LogP contribution in [0.1, 0.15) is 55.6 Å². The Bertz CT molecular complexity index is 765. The molecule has 1 aromatic carbocycles. The van der Waals surface area contributed by atoms with Crippen LogP contribution in [0.15, 0.2) is 72.2 Å². The number of rotatable bonds is 13. The first-order chi connectivity index (χ1) is 14.6. The van der Waals surface area contributed by atoms with Crippen molar-refractivity contribution in [3.8, 4) is 0 Å². The summed E-state index contributed by atoms with van der Waals surface area (Å²) in [7, 11) is 0. The van der Waals surface area contributed by atoms with Gasteiger partial charge in [-0.15, -0.1) is 13.2 Å². The fourth-order valence-electron chi connectivity index (χ4n) is 4.09. The summed E-state index contributed by atoms with van der Waals surface area (Å²) in [4.78, 5) is 2.38. The molecule has 0 unspecified atom stereocenters. The molecule has 2 heterocycles. The minimum Gasteiger partial charge on any atom is -0.462 e. The van der Waals surface area contributed by atoms with E-state index in [4.69, 9.17) is 9.15 Å². The second kappa shape index (κ2) is 11.3. The number of furan rings is 1. The third-order valence-electron chi connectivity index (χ3n) is 5.76. The zero-order chi connectivity index (χ0) is 21.2. The third kappa shape index (κ3) is 6.43. The predicted molar refractivity (Wildman–Crippen MR) is 121 cm³/mol. The van der Waals surface area contributed by atoms with E-state index in [-0.39, 0.29) is 6.10 Å². The Labute approximate surface area is 180 Å². The van der Waals surface area contributed by atoms with Gasteiger partial charge in [-0.25, -0.2) is 0 Å². The van der Waals surface area contributed by atoms with Crippen molar-refractivity contribution in [2.45, 2.75) is 63.3 Å². The molecule has 0 radical (unpaired) electrons. The van der Waals surface area contributed by atoms with E-state index < -0.39 is 5.60 Å². The van der Waals surface area contributed by atoms with Crippen LogP contribution in [0.25, 0.3) is 0 Å². The summed E-state index contributed by atoms with van der Waals surface area (Å²) < 4.78 is 12.1. The highest BCUT2D eigenvalue weighted by Gasteiger charge is 2.31. The molecule has 0 bridgehead atoms. The first kappa shape index (κ1) is 22.5. The van der Waals surface area contributed by atoms with Crippen molar-refractivity contribution in [2.75, 3.05) is 13.2 Å². The maximum Gasteiger partial charge on any atom is 0.135 e. The smallest absolute Gasteiger partial charge is 0.135 e. The van der Waals surface area contributed by atoms with Crippen molar-refractivity contribution in [3.05, 3.63) is 84.9 Å². The summed E-state index contributed by atoms with van der Waals surface area (Å²) in [5.74, 6) is 1.51. The Hall–Kier alpha value is -2.14. The molecule has 1 N–H and O–H groups in total. The van der Waals surface area contributed by atoms with Gasteiger partial charge in [-0.3, -0.25) is 4.90 Å². The molecule has 0 aliphatic carbocycles. The number of ether oxygens (including phenoxy) is 1. The van der Waals surface area contributed by atoms with Crippen molar-refractivity contribution >= 4 is 0 Å². The molecule has 30 heavy (non-hydrogen) atoms. The van der Waals surface area contributed by atoms with Crippen LogP contribution in [-0.4, -0.2) is 29.3 Å². The van der Waals surface area contributed by atoms with Gasteiger partial charge in [0.2, 0.25) is 0 Å². The number of hydrogen-bond donors (Lipinski definition) is 1. The molecule has 1 aliphatic rings. The lowest BCUT2D eigenvalue weighted by Gasteiger charge is -2.26. The number of benzene rings is 1. The highest BCUT2D eigenvalue weighted by atomic mass is 16.5. The van der Waals surface area contributed by atoms with Crippen molar-refractivity contribution in [1.82, 2.24) is 4.90 Å². The van der Waals surface area contributed by atoms with Crippen LogP contribution in [0.2, 0.25) is 0 Å². The quantitative estimate of drug-likeness (QED) is 0.439. The van der Waals surface area contributed by atoms with Crippen LogP contribution in [0.5, 0.6) is 0 Å². The van der Waals surface area contributed by atoms with Crippen LogP contribution in [0.4, 0.5) is 0 Å². The van der Waals surface area contributed by atoms with Gasteiger partial charge in [0.25, 0.3) is 0 Å². The van der Waals surface area contributed by atoms with E-state index in [0.717, 1.165) is 51.1 Å². The Morgan fingerprint density at radius 1 is 1.03 bits per heavy atom. The molecule has 0 saturated carbocycles. The minimum atomic E-state index is -0.987. The van der Waals surface area contributed by atoms with Crippen LogP contribution in [0, 0.1) is 0 Å². The Morgan fingerprint density at radius 2 is 1.77 bits per heavy atom. The molecule has 162 valence electrons. The van der Waals surface area contributed by atoms with E-state index in [0.29, 0.717) is 25.1 Å². The van der Waals surface area contributed by atoms with Crippen molar-refractivity contribution in [3.63, 3.8) is 0 Å². The summed E-state index contributed by atoms with van der Waals surface area (Å²) in [5.41, 5.74) is 0.287. The molecule has 1 aromatic heterocycles. The van der Waals surface area contributed by atoms with Gasteiger partial charge in [0, 0.05) is 19.7 Å². The van der Waals surface area contributed by atoms with E-state index in [2.05, 4.69) is 42.3 Å². The molecule has 0 spiro atoms. The molecule has 4 nitrogen and oxygen atoms in total. The maximum atomic E-state index is 11.2. The number of aliphatic hydroxyl groups is 1. The monoisotopic (exact) mass is 409 g/mol. The molecule has 0 amide bonds. The highest BCUT2D eigenvalue weighted by molar-refractivity contribution is 5.17. The van der Waals surface area contributed by atoms with Gasteiger partial charge in [0.15, 0.2) is 0 Å². The fraction of sp³-hybridized carbons (Fsp3) is 0.462. The van der Waals surface area contributed by atoms with E-state index in [1.54, 1.807) is 0 Å². The average Bonchev–Trinajstić information content (AvgIpc) is 3.44. The third-order valence-corrected chi connectivity index (χ3v) is 5.76. The molecule has 2 aromatic rings. The van der Waals surface area contributed by atoms with Crippen molar-refractivity contribution < 1.29 is 14.3 Å². The first-order valence-electron chi connectivity index (χ1n) is 11.0. The van der Waals surface area contributed by atoms with E-state index in [1.807, 2.05) is 30.4 Å². The average molecular weight is 410 g/mol. The van der Waals surface area contributed by atoms with Crippen LogP contribution < -0.4 is 0 Å². The summed E-state index contributed by atoms with van der Waals surface area (Å²) in [6, 6.07) is 14.4. The predicted octanol–water partition coefficient (Wildman–Crippen LogP) is 5.58. The minimum absolute atomic E-state index is 0.278. The van der Waals surface area contributed by atoms with Crippen LogP contribution >= 0.6 is 0 Å². The lowest BCUT2D eigenvalue weighted by atomic mass is 9.89. The number of allylic oxidation sites excluding steroid dienone is 2. The van der Waals surface area contributed by atoms with Gasteiger partial charge in [-0.1, -0.05) is 42.5 Å². The Kier molecular flexibility index (Phi) is 8.50. The summed E-state index contributed by atoms with van der Waals surface area (Å²) >= 11 is 0. The van der Waals surface area contributed by atoms with Gasteiger partial charge in [-0.2, -0.15) is 0 Å². The lowest BCUT2D eigenvalue weighted by Crippen LogP contribution is -2.31.